The highest BCUT2D eigenvalue weighted by Crippen LogP contribution is 2.64. The fourth-order valence-electron chi connectivity index (χ4n) is 10.9. The Labute approximate surface area is 319 Å². The van der Waals surface area contributed by atoms with Gasteiger partial charge in [0.25, 0.3) is 0 Å². The second kappa shape index (κ2) is 11.3. The Morgan fingerprint density at radius 2 is 0.889 bits per heavy atom. The first-order valence-corrected chi connectivity index (χ1v) is 20.2. The van der Waals surface area contributed by atoms with Crippen LogP contribution >= 0.6 is 11.3 Å². The normalized spacial score (nSPS) is 15.8. The summed E-state index contributed by atoms with van der Waals surface area (Å²) in [6.07, 6.45) is 4.49. The van der Waals surface area contributed by atoms with Crippen LogP contribution in [0.1, 0.15) is 47.9 Å². The summed E-state index contributed by atoms with van der Waals surface area (Å²) >= 11 is 1.89. The molecule has 0 N–H and O–H groups in total. The Kier molecular flexibility index (Phi) is 6.37. The van der Waals surface area contributed by atoms with Crippen molar-refractivity contribution < 1.29 is 0 Å². The van der Waals surface area contributed by atoms with Gasteiger partial charge in [0.2, 0.25) is 0 Å². The van der Waals surface area contributed by atoms with E-state index < -0.39 is 0 Å². The number of rotatable bonds is 3. The molecule has 0 bridgehead atoms. The molecule has 9 aromatic rings. The van der Waals surface area contributed by atoms with Crippen LogP contribution in [0.15, 0.2) is 176 Å². The lowest BCUT2D eigenvalue weighted by Crippen LogP contribution is -2.39. The molecule has 8 aromatic carbocycles. The quantitative estimate of drug-likeness (QED) is 0.177. The van der Waals surface area contributed by atoms with Crippen LogP contribution in [0.4, 0.5) is 17.1 Å². The minimum Gasteiger partial charge on any atom is -0.309 e. The Morgan fingerprint density at radius 3 is 1.59 bits per heavy atom. The number of fused-ring (bicyclic) bond motifs is 14. The van der Waals surface area contributed by atoms with Crippen molar-refractivity contribution in [3.63, 3.8) is 0 Å². The molecule has 1 fully saturated rings. The van der Waals surface area contributed by atoms with E-state index in [4.69, 9.17) is 0 Å². The van der Waals surface area contributed by atoms with Crippen LogP contribution in [-0.4, -0.2) is 0 Å². The van der Waals surface area contributed by atoms with Gasteiger partial charge in [-0.25, -0.2) is 0 Å². The first-order chi connectivity index (χ1) is 26.7. The lowest BCUT2D eigenvalue weighted by atomic mass is 9.57. The third-order valence-corrected chi connectivity index (χ3v) is 14.4. The molecule has 12 rings (SSSR count). The predicted octanol–water partition coefficient (Wildman–Crippen LogP) is 14.5. The summed E-state index contributed by atoms with van der Waals surface area (Å²) in [5.41, 5.74) is 15.4. The SMILES string of the molecule is c1ccc2c(c1)-c1ccccc1C21CCC2(CC1)c1ccccc1-c1ccc(N(c3cccc4ccccc34)c3cccc4sc5ccccc5c34)cc12. The average Bonchev–Trinajstić information content (AvgIpc) is 3.84. The van der Waals surface area contributed by atoms with E-state index in [9.17, 15) is 0 Å². The summed E-state index contributed by atoms with van der Waals surface area (Å²) in [4.78, 5) is 2.56. The van der Waals surface area contributed by atoms with E-state index in [0.717, 1.165) is 25.7 Å². The molecule has 3 aliphatic rings. The molecule has 3 aliphatic carbocycles. The summed E-state index contributed by atoms with van der Waals surface area (Å²) in [6, 6.07) is 66.6. The fraction of sp³-hybridized carbons (Fsp3) is 0.115. The second-order valence-corrected chi connectivity index (χ2v) is 16.7. The van der Waals surface area contributed by atoms with Crippen LogP contribution in [0.2, 0.25) is 0 Å². The zero-order chi connectivity index (χ0) is 35.4. The van der Waals surface area contributed by atoms with Crippen LogP contribution in [0.25, 0.3) is 53.2 Å². The van der Waals surface area contributed by atoms with Crippen molar-refractivity contribution >= 4 is 59.3 Å². The zero-order valence-corrected chi connectivity index (χ0v) is 30.7. The molecule has 2 heteroatoms. The highest BCUT2D eigenvalue weighted by atomic mass is 32.1. The number of thiophene rings is 1. The average molecular weight is 708 g/mol. The Bertz CT molecular complexity index is 2920. The summed E-state index contributed by atoms with van der Waals surface area (Å²) in [7, 11) is 0. The van der Waals surface area contributed by atoms with Crippen LogP contribution < -0.4 is 4.90 Å². The fourth-order valence-corrected chi connectivity index (χ4v) is 12.1. The van der Waals surface area contributed by atoms with Crippen LogP contribution in [0.5, 0.6) is 0 Å². The number of anilines is 3. The predicted molar refractivity (Wildman–Crippen MR) is 229 cm³/mol. The van der Waals surface area contributed by atoms with Gasteiger partial charge in [-0.1, -0.05) is 140 Å². The summed E-state index contributed by atoms with van der Waals surface area (Å²) in [5.74, 6) is 0. The van der Waals surface area contributed by atoms with Crippen molar-refractivity contribution in [2.24, 2.45) is 0 Å². The molecule has 0 radical (unpaired) electrons. The first-order valence-electron chi connectivity index (χ1n) is 19.4. The standard InChI is InChI=1S/C52H37NS/c1-2-15-36-34(13-1)14-11-23-46(36)53(47-24-12-26-49-50(47)41-19-6-10-25-48(41)54-49)35-27-28-40-39-18-5-9-22-44(39)52(45(40)33-35)31-29-51(30-32-52)42-20-7-3-16-37(42)38-17-4-8-21-43(38)51/h1-28,33H,29-32H2. The van der Waals surface area contributed by atoms with E-state index in [1.165, 1.54) is 92.5 Å². The van der Waals surface area contributed by atoms with Crippen molar-refractivity contribution in [3.05, 3.63) is 198 Å². The third kappa shape index (κ3) is 4.04. The van der Waals surface area contributed by atoms with Gasteiger partial charge < -0.3 is 4.90 Å². The minimum absolute atomic E-state index is 0.0504. The van der Waals surface area contributed by atoms with Gasteiger partial charge in [-0.15, -0.1) is 11.3 Å². The van der Waals surface area contributed by atoms with Crippen LogP contribution in [0.3, 0.4) is 0 Å². The Hall–Kier alpha value is -5.96. The summed E-state index contributed by atoms with van der Waals surface area (Å²) in [5, 5.41) is 5.15. The van der Waals surface area contributed by atoms with E-state index in [1.807, 2.05) is 11.3 Å². The maximum absolute atomic E-state index is 2.58. The van der Waals surface area contributed by atoms with Crippen LogP contribution in [-0.2, 0) is 10.8 Å². The first kappa shape index (κ1) is 30.5. The molecule has 2 spiro atoms. The third-order valence-electron chi connectivity index (χ3n) is 13.3. The van der Waals surface area contributed by atoms with E-state index in [2.05, 4.69) is 181 Å². The monoisotopic (exact) mass is 707 g/mol. The number of hydrogen-bond acceptors (Lipinski definition) is 2. The lowest BCUT2D eigenvalue weighted by Gasteiger charge is -2.45. The smallest absolute Gasteiger partial charge is 0.0555 e. The molecule has 0 atom stereocenters. The Balaban J connectivity index is 1.07. The summed E-state index contributed by atoms with van der Waals surface area (Å²) in [6.45, 7) is 0. The van der Waals surface area contributed by atoms with E-state index in [1.54, 1.807) is 0 Å². The zero-order valence-electron chi connectivity index (χ0n) is 29.9. The molecular weight excluding hydrogens is 671 g/mol. The van der Waals surface area contributed by atoms with Gasteiger partial charge in [0.1, 0.15) is 0 Å². The van der Waals surface area contributed by atoms with Gasteiger partial charge in [-0.05, 0) is 112 Å². The van der Waals surface area contributed by atoms with Crippen molar-refractivity contribution in [2.75, 3.05) is 4.90 Å². The molecule has 0 unspecified atom stereocenters. The summed E-state index contributed by atoms with van der Waals surface area (Å²) < 4.78 is 2.64. The topological polar surface area (TPSA) is 3.24 Å². The van der Waals surface area contributed by atoms with Gasteiger partial charge in [0.15, 0.2) is 0 Å². The molecule has 1 aromatic heterocycles. The van der Waals surface area contributed by atoms with Gasteiger partial charge in [-0.2, -0.15) is 0 Å². The van der Waals surface area contributed by atoms with Gasteiger partial charge in [0.05, 0.1) is 11.4 Å². The number of benzene rings is 8. The molecule has 1 nitrogen and oxygen atoms in total. The van der Waals surface area contributed by atoms with Gasteiger partial charge in [-0.3, -0.25) is 0 Å². The van der Waals surface area contributed by atoms with Gasteiger partial charge >= 0.3 is 0 Å². The van der Waals surface area contributed by atoms with E-state index in [0.29, 0.717) is 0 Å². The molecule has 54 heavy (non-hydrogen) atoms. The van der Waals surface area contributed by atoms with Crippen molar-refractivity contribution in [1.29, 1.82) is 0 Å². The Morgan fingerprint density at radius 1 is 0.389 bits per heavy atom. The van der Waals surface area contributed by atoms with Crippen LogP contribution in [0, 0.1) is 0 Å². The van der Waals surface area contributed by atoms with Crippen molar-refractivity contribution in [1.82, 2.24) is 0 Å². The number of nitrogens with zero attached hydrogens (tertiary/aromatic N) is 1. The second-order valence-electron chi connectivity index (χ2n) is 15.6. The van der Waals surface area contributed by atoms with E-state index >= 15 is 0 Å². The van der Waals surface area contributed by atoms with Crippen molar-refractivity contribution in [3.8, 4) is 22.3 Å². The molecule has 0 saturated heterocycles. The maximum Gasteiger partial charge on any atom is 0.0555 e. The molecular formula is C52H37NS. The maximum atomic E-state index is 2.58. The van der Waals surface area contributed by atoms with E-state index in [-0.39, 0.29) is 10.8 Å². The largest absolute Gasteiger partial charge is 0.309 e. The molecule has 1 heterocycles. The lowest BCUT2D eigenvalue weighted by molar-refractivity contribution is 0.265. The highest BCUT2D eigenvalue weighted by Gasteiger charge is 2.53. The highest BCUT2D eigenvalue weighted by molar-refractivity contribution is 7.26. The molecule has 256 valence electrons. The minimum atomic E-state index is -0.0504. The number of hydrogen-bond donors (Lipinski definition) is 0. The van der Waals surface area contributed by atoms with Crippen molar-refractivity contribution in [2.45, 2.75) is 36.5 Å². The molecule has 0 amide bonds. The molecule has 0 aliphatic heterocycles. The molecule has 1 saturated carbocycles. The van der Waals surface area contributed by atoms with Gasteiger partial charge in [0, 0.05) is 42.1 Å².